The van der Waals surface area contributed by atoms with Crippen LogP contribution in [0.25, 0.3) is 11.2 Å². The standard InChI is InChI=1S/C30H44N6O2/c1-22(2)20-35(21-23(3)4)29(37)27-15-14-26-28(32-27)36(19-9-18-34-16-7-6-8-17-34)30(33-26)31-24-10-12-25(38-5)13-11-24/h10-15,22-23H,6-9,16-21H2,1-5H3,(H,31,33). The lowest BCUT2D eigenvalue weighted by Crippen LogP contribution is -2.37. The van der Waals surface area contributed by atoms with Crippen LogP contribution < -0.4 is 10.1 Å². The predicted molar refractivity (Wildman–Crippen MR) is 154 cm³/mol. The van der Waals surface area contributed by atoms with Gasteiger partial charge in [0.15, 0.2) is 5.65 Å². The number of imidazole rings is 1. The minimum atomic E-state index is -0.0139. The number of ether oxygens (including phenoxy) is 1. The number of amides is 1. The van der Waals surface area contributed by atoms with Crippen LogP contribution in [0.15, 0.2) is 36.4 Å². The first kappa shape index (κ1) is 27.9. The van der Waals surface area contributed by atoms with Crippen molar-refractivity contribution >= 4 is 28.7 Å². The van der Waals surface area contributed by atoms with E-state index in [9.17, 15) is 4.79 Å². The van der Waals surface area contributed by atoms with Gasteiger partial charge < -0.3 is 19.9 Å². The molecule has 3 heterocycles. The van der Waals surface area contributed by atoms with E-state index in [1.807, 2.05) is 41.3 Å². The average molecular weight is 521 g/mol. The summed E-state index contributed by atoms with van der Waals surface area (Å²) in [6.45, 7) is 14.2. The van der Waals surface area contributed by atoms with Gasteiger partial charge in [-0.15, -0.1) is 0 Å². The number of methoxy groups -OCH3 is 1. The lowest BCUT2D eigenvalue weighted by atomic mass is 10.1. The lowest BCUT2D eigenvalue weighted by molar-refractivity contribution is 0.0709. The van der Waals surface area contributed by atoms with Crippen molar-refractivity contribution in [2.75, 3.05) is 45.2 Å². The quantitative estimate of drug-likeness (QED) is 0.325. The van der Waals surface area contributed by atoms with Crippen molar-refractivity contribution in [3.8, 4) is 5.75 Å². The molecule has 0 saturated carbocycles. The third kappa shape index (κ3) is 7.25. The van der Waals surface area contributed by atoms with Gasteiger partial charge in [0.25, 0.3) is 5.91 Å². The van der Waals surface area contributed by atoms with Crippen LogP contribution >= 0.6 is 0 Å². The smallest absolute Gasteiger partial charge is 0.272 e. The topological polar surface area (TPSA) is 75.5 Å². The van der Waals surface area contributed by atoms with E-state index in [1.54, 1.807) is 7.11 Å². The average Bonchev–Trinajstić information content (AvgIpc) is 3.24. The fraction of sp³-hybridized carbons (Fsp3) is 0.567. The first-order chi connectivity index (χ1) is 18.3. The second kappa shape index (κ2) is 13.1. The molecule has 2 aromatic heterocycles. The number of rotatable bonds is 12. The van der Waals surface area contributed by atoms with Crippen LogP contribution in [-0.2, 0) is 6.54 Å². The van der Waals surface area contributed by atoms with Gasteiger partial charge in [0.2, 0.25) is 5.95 Å². The van der Waals surface area contributed by atoms with E-state index in [0.29, 0.717) is 17.5 Å². The molecule has 8 nitrogen and oxygen atoms in total. The third-order valence-electron chi connectivity index (χ3n) is 6.92. The first-order valence-electron chi connectivity index (χ1n) is 14.1. The summed E-state index contributed by atoms with van der Waals surface area (Å²) in [5, 5.41) is 3.47. The maximum atomic E-state index is 13.5. The molecule has 0 unspecified atom stereocenters. The molecule has 1 aromatic carbocycles. The van der Waals surface area contributed by atoms with Crippen molar-refractivity contribution < 1.29 is 9.53 Å². The number of carbonyl (C=O) groups is 1. The van der Waals surface area contributed by atoms with E-state index >= 15 is 0 Å². The molecular weight excluding hydrogens is 476 g/mol. The summed E-state index contributed by atoms with van der Waals surface area (Å²) < 4.78 is 7.44. The number of fused-ring (bicyclic) bond motifs is 1. The molecule has 38 heavy (non-hydrogen) atoms. The number of anilines is 2. The number of pyridine rings is 1. The van der Waals surface area contributed by atoms with Gasteiger partial charge in [-0.1, -0.05) is 34.1 Å². The maximum absolute atomic E-state index is 13.5. The highest BCUT2D eigenvalue weighted by Gasteiger charge is 2.22. The van der Waals surface area contributed by atoms with Crippen LogP contribution in [0.4, 0.5) is 11.6 Å². The van der Waals surface area contributed by atoms with Crippen molar-refractivity contribution in [1.82, 2.24) is 24.3 Å². The summed E-state index contributed by atoms with van der Waals surface area (Å²) in [6.07, 6.45) is 4.91. The van der Waals surface area contributed by atoms with E-state index in [2.05, 4.69) is 42.5 Å². The third-order valence-corrected chi connectivity index (χ3v) is 6.92. The summed E-state index contributed by atoms with van der Waals surface area (Å²) in [5.41, 5.74) is 2.94. The zero-order chi connectivity index (χ0) is 27.1. The van der Waals surface area contributed by atoms with Crippen molar-refractivity contribution in [3.05, 3.63) is 42.1 Å². The number of hydrogen-bond donors (Lipinski definition) is 1. The minimum absolute atomic E-state index is 0.0139. The van der Waals surface area contributed by atoms with Crippen LogP contribution in [-0.4, -0.2) is 70.1 Å². The Balaban J connectivity index is 1.63. The molecule has 1 fully saturated rings. The van der Waals surface area contributed by atoms with E-state index < -0.39 is 0 Å². The summed E-state index contributed by atoms with van der Waals surface area (Å²) in [6, 6.07) is 11.6. The number of benzene rings is 1. The zero-order valence-corrected chi connectivity index (χ0v) is 23.7. The van der Waals surface area contributed by atoms with Crippen LogP contribution in [0.1, 0.15) is 63.9 Å². The van der Waals surface area contributed by atoms with Crippen molar-refractivity contribution in [2.45, 2.75) is 59.9 Å². The highest BCUT2D eigenvalue weighted by atomic mass is 16.5. The molecule has 1 aliphatic heterocycles. The van der Waals surface area contributed by atoms with Crippen LogP contribution in [0.2, 0.25) is 0 Å². The highest BCUT2D eigenvalue weighted by Crippen LogP contribution is 2.25. The Morgan fingerprint density at radius 3 is 2.26 bits per heavy atom. The van der Waals surface area contributed by atoms with Crippen molar-refractivity contribution in [3.63, 3.8) is 0 Å². The Kier molecular flexibility index (Phi) is 9.61. The van der Waals surface area contributed by atoms with Gasteiger partial charge in [-0.2, -0.15) is 0 Å². The van der Waals surface area contributed by atoms with Crippen molar-refractivity contribution in [1.29, 1.82) is 0 Å². The van der Waals surface area contributed by atoms with Gasteiger partial charge in [-0.05, 0) is 87.1 Å². The first-order valence-corrected chi connectivity index (χ1v) is 14.1. The number of aryl methyl sites for hydroxylation is 1. The Labute approximate surface area is 227 Å². The molecule has 8 heteroatoms. The number of nitrogens with one attached hydrogen (secondary N) is 1. The maximum Gasteiger partial charge on any atom is 0.272 e. The normalized spacial score (nSPS) is 14.4. The molecule has 4 rings (SSSR count). The molecule has 0 bridgehead atoms. The van der Waals surface area contributed by atoms with Crippen LogP contribution in [0, 0.1) is 11.8 Å². The van der Waals surface area contributed by atoms with Gasteiger partial charge in [0.05, 0.1) is 7.11 Å². The molecule has 1 amide bonds. The molecule has 0 atom stereocenters. The van der Waals surface area contributed by atoms with Crippen LogP contribution in [0.3, 0.4) is 0 Å². The van der Waals surface area contributed by atoms with E-state index in [0.717, 1.165) is 61.1 Å². The number of carbonyl (C=O) groups excluding carboxylic acids is 1. The predicted octanol–water partition coefficient (Wildman–Crippen LogP) is 5.81. The molecule has 1 N–H and O–H groups in total. The molecular formula is C30H44N6O2. The molecule has 0 radical (unpaired) electrons. The Hall–Kier alpha value is -3.13. The fourth-order valence-electron chi connectivity index (χ4n) is 5.15. The number of likely N-dealkylation sites (tertiary alicyclic amines) is 1. The summed E-state index contributed by atoms with van der Waals surface area (Å²) in [5.74, 6) is 2.31. The Bertz CT molecular complexity index is 1170. The largest absolute Gasteiger partial charge is 0.497 e. The van der Waals surface area contributed by atoms with E-state index in [4.69, 9.17) is 14.7 Å². The summed E-state index contributed by atoms with van der Waals surface area (Å²) >= 11 is 0. The van der Waals surface area contributed by atoms with Crippen LogP contribution in [0.5, 0.6) is 5.75 Å². The number of nitrogens with zero attached hydrogens (tertiary/aromatic N) is 5. The zero-order valence-electron chi connectivity index (χ0n) is 23.7. The van der Waals surface area contributed by atoms with Crippen molar-refractivity contribution in [2.24, 2.45) is 11.8 Å². The molecule has 3 aromatic rings. The monoisotopic (exact) mass is 520 g/mol. The fourth-order valence-corrected chi connectivity index (χ4v) is 5.15. The number of piperidine rings is 1. The summed E-state index contributed by atoms with van der Waals surface area (Å²) in [7, 11) is 1.66. The van der Waals surface area contributed by atoms with Gasteiger partial charge in [0.1, 0.15) is 17.0 Å². The van der Waals surface area contributed by atoms with Gasteiger partial charge in [0, 0.05) is 25.3 Å². The lowest BCUT2D eigenvalue weighted by Gasteiger charge is -2.26. The van der Waals surface area contributed by atoms with Gasteiger partial charge in [-0.3, -0.25) is 9.36 Å². The number of aromatic nitrogens is 3. The Morgan fingerprint density at radius 2 is 1.63 bits per heavy atom. The SMILES string of the molecule is COc1ccc(Nc2nc3ccc(C(=O)N(CC(C)C)CC(C)C)nc3n2CCCN2CCCCC2)cc1. The second-order valence-electron chi connectivity index (χ2n) is 11.2. The van der Waals surface area contributed by atoms with E-state index in [-0.39, 0.29) is 5.91 Å². The molecule has 0 aliphatic carbocycles. The molecule has 0 spiro atoms. The minimum Gasteiger partial charge on any atom is -0.497 e. The number of hydrogen-bond acceptors (Lipinski definition) is 6. The molecule has 206 valence electrons. The van der Waals surface area contributed by atoms with Gasteiger partial charge in [-0.25, -0.2) is 9.97 Å². The Morgan fingerprint density at radius 1 is 0.947 bits per heavy atom. The van der Waals surface area contributed by atoms with E-state index in [1.165, 1.54) is 32.4 Å². The molecule has 1 saturated heterocycles. The van der Waals surface area contributed by atoms with Gasteiger partial charge >= 0.3 is 0 Å². The second-order valence-corrected chi connectivity index (χ2v) is 11.2. The highest BCUT2D eigenvalue weighted by molar-refractivity contribution is 5.94. The summed E-state index contributed by atoms with van der Waals surface area (Å²) in [4.78, 5) is 27.8. The molecule has 1 aliphatic rings.